The highest BCUT2D eigenvalue weighted by molar-refractivity contribution is 5.20. The maximum Gasteiger partial charge on any atom is -0.0231 e. The van der Waals surface area contributed by atoms with Gasteiger partial charge >= 0.3 is 0 Å². The molecule has 1 unspecified atom stereocenters. The average Bonchev–Trinajstić information content (AvgIpc) is 2.26. The number of hydrogen-bond acceptors (Lipinski definition) is 0. The van der Waals surface area contributed by atoms with Crippen LogP contribution in [0.15, 0.2) is 23.8 Å². The normalized spacial score (nSPS) is 13.9. The highest BCUT2D eigenvalue weighted by Gasteiger charge is 2.04. The van der Waals surface area contributed by atoms with E-state index in [0.717, 1.165) is 12.3 Å². The molecule has 0 rings (SSSR count). The molecular formula is C16H30. The van der Waals surface area contributed by atoms with Crippen LogP contribution in [-0.2, 0) is 0 Å². The van der Waals surface area contributed by atoms with Gasteiger partial charge in [0.05, 0.1) is 0 Å². The van der Waals surface area contributed by atoms with Crippen molar-refractivity contribution in [3.8, 4) is 0 Å². The molecular weight excluding hydrogens is 192 g/mol. The van der Waals surface area contributed by atoms with Gasteiger partial charge in [0.25, 0.3) is 0 Å². The Labute approximate surface area is 103 Å². The molecule has 94 valence electrons. The molecule has 0 N–H and O–H groups in total. The number of unbranched alkanes of at least 4 members (excludes halogenated alkanes) is 3. The molecule has 1 atom stereocenters. The monoisotopic (exact) mass is 222 g/mol. The van der Waals surface area contributed by atoms with E-state index < -0.39 is 0 Å². The fourth-order valence-corrected chi connectivity index (χ4v) is 1.87. The van der Waals surface area contributed by atoms with Crippen LogP contribution < -0.4 is 0 Å². The number of hydrogen-bond donors (Lipinski definition) is 0. The second-order valence-electron chi connectivity index (χ2n) is 5.05. The molecule has 0 aliphatic rings. The molecule has 0 spiro atoms. The van der Waals surface area contributed by atoms with Gasteiger partial charge in [-0.1, -0.05) is 70.3 Å². The van der Waals surface area contributed by atoms with Gasteiger partial charge in [-0.3, -0.25) is 0 Å². The molecule has 0 heterocycles. The molecule has 0 radical (unpaired) electrons. The van der Waals surface area contributed by atoms with Crippen LogP contribution in [0.4, 0.5) is 0 Å². The van der Waals surface area contributed by atoms with Crippen LogP contribution in [0.3, 0.4) is 0 Å². The van der Waals surface area contributed by atoms with E-state index >= 15 is 0 Å². The second kappa shape index (κ2) is 9.69. The van der Waals surface area contributed by atoms with Crippen molar-refractivity contribution in [2.45, 2.75) is 72.6 Å². The minimum Gasteiger partial charge on any atom is -0.0958 e. The summed E-state index contributed by atoms with van der Waals surface area (Å²) in [4.78, 5) is 0. The molecule has 0 saturated carbocycles. The molecule has 0 heteroatoms. The van der Waals surface area contributed by atoms with E-state index in [2.05, 4.69) is 40.3 Å². The van der Waals surface area contributed by atoms with Crippen molar-refractivity contribution in [1.29, 1.82) is 0 Å². The third-order valence-corrected chi connectivity index (χ3v) is 3.30. The zero-order chi connectivity index (χ0) is 12.4. The van der Waals surface area contributed by atoms with E-state index in [4.69, 9.17) is 0 Å². The fraction of sp³-hybridized carbons (Fsp3) is 0.750. The first kappa shape index (κ1) is 15.5. The van der Waals surface area contributed by atoms with Crippen molar-refractivity contribution in [2.75, 3.05) is 0 Å². The summed E-state index contributed by atoms with van der Waals surface area (Å²) >= 11 is 0. The minimum absolute atomic E-state index is 0.727. The summed E-state index contributed by atoms with van der Waals surface area (Å²) in [6.07, 6.45) is 11.4. The predicted molar refractivity (Wildman–Crippen MR) is 75.7 cm³/mol. The first-order chi connectivity index (χ1) is 7.61. The van der Waals surface area contributed by atoms with Crippen molar-refractivity contribution in [1.82, 2.24) is 0 Å². The van der Waals surface area contributed by atoms with Crippen molar-refractivity contribution < 1.29 is 0 Å². The summed E-state index contributed by atoms with van der Waals surface area (Å²) in [5.74, 6) is 0.727. The number of rotatable bonds is 9. The largest absolute Gasteiger partial charge is 0.0958 e. The van der Waals surface area contributed by atoms with Crippen LogP contribution in [0.2, 0.25) is 0 Å². The smallest absolute Gasteiger partial charge is 0.0231 e. The Hall–Kier alpha value is -0.520. The molecule has 0 aromatic heterocycles. The summed E-state index contributed by atoms with van der Waals surface area (Å²) in [7, 11) is 0. The van der Waals surface area contributed by atoms with Gasteiger partial charge in [-0.2, -0.15) is 0 Å². The summed E-state index contributed by atoms with van der Waals surface area (Å²) in [6, 6.07) is 0. The quantitative estimate of drug-likeness (QED) is 0.337. The van der Waals surface area contributed by atoms with E-state index in [-0.39, 0.29) is 0 Å². The Morgan fingerprint density at radius 2 is 1.75 bits per heavy atom. The van der Waals surface area contributed by atoms with Crippen molar-refractivity contribution >= 4 is 0 Å². The molecule has 0 saturated heterocycles. The lowest BCUT2D eigenvalue weighted by atomic mass is 9.94. The van der Waals surface area contributed by atoms with E-state index in [0.29, 0.717) is 0 Å². The molecule has 0 aliphatic heterocycles. The summed E-state index contributed by atoms with van der Waals surface area (Å²) in [5.41, 5.74) is 2.82. The summed E-state index contributed by atoms with van der Waals surface area (Å²) in [6.45, 7) is 13.2. The second-order valence-corrected chi connectivity index (χ2v) is 5.05. The van der Waals surface area contributed by atoms with Gasteiger partial charge in [-0.25, -0.2) is 0 Å². The third-order valence-electron chi connectivity index (χ3n) is 3.30. The summed E-state index contributed by atoms with van der Waals surface area (Å²) < 4.78 is 0. The van der Waals surface area contributed by atoms with Crippen molar-refractivity contribution in [2.24, 2.45) is 5.92 Å². The molecule has 16 heavy (non-hydrogen) atoms. The Kier molecular flexibility index (Phi) is 9.37. The highest BCUT2D eigenvalue weighted by atomic mass is 14.1. The van der Waals surface area contributed by atoms with E-state index in [1.165, 1.54) is 49.7 Å². The molecule has 0 amide bonds. The SMILES string of the molecule is C=C(/C=C(/C)C(C)CCCCC)CCCC. The van der Waals surface area contributed by atoms with Gasteiger partial charge in [0.15, 0.2) is 0 Å². The topological polar surface area (TPSA) is 0 Å². The first-order valence-electron chi connectivity index (χ1n) is 6.97. The Balaban J connectivity index is 3.94. The van der Waals surface area contributed by atoms with Crippen LogP contribution in [0, 0.1) is 5.92 Å². The van der Waals surface area contributed by atoms with Crippen LogP contribution in [0.25, 0.3) is 0 Å². The zero-order valence-corrected chi connectivity index (χ0v) is 11.8. The lowest BCUT2D eigenvalue weighted by Gasteiger charge is -2.12. The minimum atomic E-state index is 0.727. The van der Waals surface area contributed by atoms with E-state index in [1.807, 2.05) is 0 Å². The Morgan fingerprint density at radius 1 is 1.12 bits per heavy atom. The van der Waals surface area contributed by atoms with Gasteiger partial charge in [-0.05, 0) is 32.1 Å². The van der Waals surface area contributed by atoms with Gasteiger partial charge in [0, 0.05) is 0 Å². The standard InChI is InChI=1S/C16H30/c1-6-8-10-12-15(4)16(5)13-14(3)11-9-7-2/h13,15H,3,6-12H2,1-2,4-5H3/b16-13-. The van der Waals surface area contributed by atoms with Crippen molar-refractivity contribution in [3.05, 3.63) is 23.8 Å². The average molecular weight is 222 g/mol. The van der Waals surface area contributed by atoms with Crippen LogP contribution in [-0.4, -0.2) is 0 Å². The maximum absolute atomic E-state index is 4.13. The van der Waals surface area contributed by atoms with E-state index in [1.54, 1.807) is 0 Å². The molecule has 0 fully saturated rings. The molecule has 0 aliphatic carbocycles. The van der Waals surface area contributed by atoms with Crippen LogP contribution in [0.1, 0.15) is 72.6 Å². The Morgan fingerprint density at radius 3 is 2.31 bits per heavy atom. The molecule has 0 bridgehead atoms. The molecule has 0 aromatic carbocycles. The fourth-order valence-electron chi connectivity index (χ4n) is 1.87. The lowest BCUT2D eigenvalue weighted by Crippen LogP contribution is -1.97. The number of allylic oxidation sites excluding steroid dienone is 3. The maximum atomic E-state index is 4.13. The van der Waals surface area contributed by atoms with Crippen LogP contribution in [0.5, 0.6) is 0 Å². The van der Waals surface area contributed by atoms with E-state index in [9.17, 15) is 0 Å². The molecule has 0 aromatic rings. The van der Waals surface area contributed by atoms with Gasteiger partial charge in [0.2, 0.25) is 0 Å². The van der Waals surface area contributed by atoms with Crippen molar-refractivity contribution in [3.63, 3.8) is 0 Å². The predicted octanol–water partition coefficient (Wildman–Crippen LogP) is 5.90. The van der Waals surface area contributed by atoms with Crippen LogP contribution >= 0.6 is 0 Å². The zero-order valence-electron chi connectivity index (χ0n) is 11.8. The molecule has 0 nitrogen and oxygen atoms in total. The highest BCUT2D eigenvalue weighted by Crippen LogP contribution is 2.20. The Bertz CT molecular complexity index is 210. The first-order valence-corrected chi connectivity index (χ1v) is 6.97. The van der Waals surface area contributed by atoms with Gasteiger partial charge in [-0.15, -0.1) is 0 Å². The van der Waals surface area contributed by atoms with Gasteiger partial charge in [0.1, 0.15) is 0 Å². The van der Waals surface area contributed by atoms with Gasteiger partial charge < -0.3 is 0 Å². The third kappa shape index (κ3) is 7.73. The summed E-state index contributed by atoms with van der Waals surface area (Å²) in [5, 5.41) is 0. The lowest BCUT2D eigenvalue weighted by molar-refractivity contribution is 0.553.